The molecule has 0 saturated carbocycles. The Bertz CT molecular complexity index is 505. The van der Waals surface area contributed by atoms with Gasteiger partial charge >= 0.3 is 6.18 Å². The number of pyridine rings is 1. The Hall–Kier alpha value is -1.78. The highest BCUT2D eigenvalue weighted by Gasteiger charge is 2.33. The van der Waals surface area contributed by atoms with E-state index in [1.807, 2.05) is 0 Å². The first-order valence-corrected chi connectivity index (χ1v) is 4.21. The van der Waals surface area contributed by atoms with Gasteiger partial charge in [0.15, 0.2) is 0 Å². The van der Waals surface area contributed by atoms with Crippen molar-refractivity contribution in [3.05, 3.63) is 36.0 Å². The van der Waals surface area contributed by atoms with Gasteiger partial charge in [-0.1, -0.05) is 24.3 Å². The van der Waals surface area contributed by atoms with E-state index in [0.717, 1.165) is 6.07 Å². The third-order valence-electron chi connectivity index (χ3n) is 2.06. The van der Waals surface area contributed by atoms with Crippen LogP contribution in [0.5, 0.6) is 0 Å². The van der Waals surface area contributed by atoms with E-state index in [0.29, 0.717) is 10.8 Å². The van der Waals surface area contributed by atoms with Crippen LogP contribution in [0.4, 0.5) is 19.0 Å². The van der Waals surface area contributed by atoms with Crippen LogP contribution in [0.25, 0.3) is 10.8 Å². The van der Waals surface area contributed by atoms with E-state index in [-0.39, 0.29) is 5.82 Å². The number of fused-ring (bicyclic) bond motifs is 1. The van der Waals surface area contributed by atoms with E-state index in [9.17, 15) is 13.2 Å². The predicted octanol–water partition coefficient (Wildman–Crippen LogP) is 2.84. The molecule has 0 aliphatic carbocycles. The van der Waals surface area contributed by atoms with Crippen molar-refractivity contribution in [1.29, 1.82) is 0 Å². The molecule has 2 aromatic rings. The zero-order valence-electron chi connectivity index (χ0n) is 7.55. The lowest BCUT2D eigenvalue weighted by molar-refractivity contribution is -0.140. The lowest BCUT2D eigenvalue weighted by atomic mass is 10.1. The number of alkyl halides is 3. The average molecular weight is 212 g/mol. The number of nitrogens with zero attached hydrogens (tertiary/aromatic N) is 1. The average Bonchev–Trinajstić information content (AvgIpc) is 2.16. The second kappa shape index (κ2) is 3.12. The fraction of sp³-hybridized carbons (Fsp3) is 0.100. The van der Waals surface area contributed by atoms with Crippen molar-refractivity contribution in [3.8, 4) is 0 Å². The Labute approximate surface area is 83.5 Å². The van der Waals surface area contributed by atoms with Crippen molar-refractivity contribution in [2.24, 2.45) is 0 Å². The topological polar surface area (TPSA) is 38.9 Å². The van der Waals surface area contributed by atoms with Gasteiger partial charge in [-0.15, -0.1) is 0 Å². The van der Waals surface area contributed by atoms with Crippen LogP contribution in [0, 0.1) is 0 Å². The summed E-state index contributed by atoms with van der Waals surface area (Å²) in [6, 6.07) is 7.56. The number of hydrogen-bond donors (Lipinski definition) is 1. The van der Waals surface area contributed by atoms with Crippen LogP contribution in [0.3, 0.4) is 0 Å². The zero-order chi connectivity index (χ0) is 11.1. The first-order valence-electron chi connectivity index (χ1n) is 4.21. The van der Waals surface area contributed by atoms with Crippen LogP contribution >= 0.6 is 0 Å². The summed E-state index contributed by atoms with van der Waals surface area (Å²) in [6.45, 7) is 0. The Kier molecular flexibility index (Phi) is 2.03. The van der Waals surface area contributed by atoms with Gasteiger partial charge in [0, 0.05) is 5.39 Å². The van der Waals surface area contributed by atoms with Gasteiger partial charge in [-0.05, 0) is 11.5 Å². The number of hydrogen-bond acceptors (Lipinski definition) is 2. The predicted molar refractivity (Wildman–Crippen MR) is 51.2 cm³/mol. The summed E-state index contributed by atoms with van der Waals surface area (Å²) in [4.78, 5) is 3.33. The molecule has 0 unspecified atom stereocenters. The minimum absolute atomic E-state index is 0.0968. The molecule has 2 rings (SSSR count). The van der Waals surface area contributed by atoms with E-state index in [4.69, 9.17) is 5.73 Å². The van der Waals surface area contributed by atoms with Crippen LogP contribution in [0.15, 0.2) is 30.3 Å². The third kappa shape index (κ3) is 1.72. The van der Waals surface area contributed by atoms with Crippen molar-refractivity contribution in [2.45, 2.75) is 6.18 Å². The maximum Gasteiger partial charge on any atom is 0.433 e. The molecule has 0 bridgehead atoms. The normalized spacial score (nSPS) is 11.9. The molecule has 5 heteroatoms. The summed E-state index contributed by atoms with van der Waals surface area (Å²) >= 11 is 0. The highest BCUT2D eigenvalue weighted by Crippen LogP contribution is 2.31. The standard InChI is InChI=1S/C10H7F3N2/c11-10(12,13)8-5-6-3-1-2-4-7(6)9(14)15-8/h1-5H,(H2,14,15). The van der Waals surface area contributed by atoms with Crippen LogP contribution in [0.1, 0.15) is 5.69 Å². The Morgan fingerprint density at radius 2 is 1.80 bits per heavy atom. The first kappa shape index (κ1) is 9.76. The van der Waals surface area contributed by atoms with Gasteiger partial charge in [-0.2, -0.15) is 13.2 Å². The number of anilines is 1. The lowest BCUT2D eigenvalue weighted by Crippen LogP contribution is -2.09. The van der Waals surface area contributed by atoms with Gasteiger partial charge in [0.1, 0.15) is 11.5 Å². The van der Waals surface area contributed by atoms with Gasteiger partial charge < -0.3 is 5.73 Å². The summed E-state index contributed by atoms with van der Waals surface area (Å²) in [7, 11) is 0. The SMILES string of the molecule is Nc1nc(C(F)(F)F)cc2ccccc12. The van der Waals surface area contributed by atoms with Crippen LogP contribution < -0.4 is 5.73 Å². The number of nitrogens with two attached hydrogens (primary N) is 1. The van der Waals surface area contributed by atoms with E-state index in [1.165, 1.54) is 0 Å². The molecule has 0 radical (unpaired) electrons. The highest BCUT2D eigenvalue weighted by molar-refractivity contribution is 5.91. The third-order valence-corrected chi connectivity index (χ3v) is 2.06. The number of aromatic nitrogens is 1. The summed E-state index contributed by atoms with van der Waals surface area (Å²) in [5.74, 6) is -0.0968. The minimum Gasteiger partial charge on any atom is -0.383 e. The molecule has 1 heterocycles. The van der Waals surface area contributed by atoms with E-state index in [2.05, 4.69) is 4.98 Å². The number of benzene rings is 1. The van der Waals surface area contributed by atoms with Crippen molar-refractivity contribution < 1.29 is 13.2 Å². The van der Waals surface area contributed by atoms with Gasteiger partial charge in [-0.3, -0.25) is 0 Å². The molecule has 1 aromatic heterocycles. The van der Waals surface area contributed by atoms with Gasteiger partial charge in [0.2, 0.25) is 0 Å². The Morgan fingerprint density at radius 1 is 1.13 bits per heavy atom. The molecule has 78 valence electrons. The van der Waals surface area contributed by atoms with E-state index >= 15 is 0 Å². The van der Waals surface area contributed by atoms with Crippen molar-refractivity contribution in [3.63, 3.8) is 0 Å². The Balaban J connectivity index is 2.73. The van der Waals surface area contributed by atoms with Crippen LogP contribution in [0.2, 0.25) is 0 Å². The second-order valence-electron chi connectivity index (χ2n) is 3.11. The molecule has 15 heavy (non-hydrogen) atoms. The van der Waals surface area contributed by atoms with Crippen molar-refractivity contribution >= 4 is 16.6 Å². The molecule has 0 amide bonds. The quantitative estimate of drug-likeness (QED) is 0.729. The number of halogens is 3. The molecule has 0 aliphatic heterocycles. The molecular formula is C10H7F3N2. The van der Waals surface area contributed by atoms with Crippen molar-refractivity contribution in [1.82, 2.24) is 4.98 Å². The van der Waals surface area contributed by atoms with Crippen molar-refractivity contribution in [2.75, 3.05) is 5.73 Å². The first-order chi connectivity index (χ1) is 6.98. The molecule has 0 atom stereocenters. The number of nitrogen functional groups attached to an aromatic ring is 1. The summed E-state index contributed by atoms with van der Waals surface area (Å²) in [5, 5.41) is 0.975. The molecule has 0 fully saturated rings. The molecule has 0 aliphatic rings. The van der Waals surface area contributed by atoms with Gasteiger partial charge in [0.05, 0.1) is 0 Å². The van der Waals surface area contributed by atoms with E-state index in [1.54, 1.807) is 24.3 Å². The molecular weight excluding hydrogens is 205 g/mol. The zero-order valence-corrected chi connectivity index (χ0v) is 7.55. The maximum atomic E-state index is 12.4. The molecule has 0 spiro atoms. The molecule has 0 saturated heterocycles. The summed E-state index contributed by atoms with van der Waals surface area (Å²) in [5.41, 5.74) is 4.48. The van der Waals surface area contributed by atoms with Gasteiger partial charge in [-0.25, -0.2) is 4.98 Å². The number of rotatable bonds is 0. The van der Waals surface area contributed by atoms with E-state index < -0.39 is 11.9 Å². The smallest absolute Gasteiger partial charge is 0.383 e. The lowest BCUT2D eigenvalue weighted by Gasteiger charge is -2.08. The Morgan fingerprint density at radius 3 is 2.47 bits per heavy atom. The molecule has 2 nitrogen and oxygen atoms in total. The summed E-state index contributed by atoms with van der Waals surface area (Å²) < 4.78 is 37.1. The molecule has 2 N–H and O–H groups in total. The van der Waals surface area contributed by atoms with Crippen LogP contribution in [-0.2, 0) is 6.18 Å². The maximum absolute atomic E-state index is 12.4. The largest absolute Gasteiger partial charge is 0.433 e. The van der Waals surface area contributed by atoms with Crippen LogP contribution in [-0.4, -0.2) is 4.98 Å². The fourth-order valence-corrected chi connectivity index (χ4v) is 1.37. The molecule has 1 aromatic carbocycles. The monoisotopic (exact) mass is 212 g/mol. The van der Waals surface area contributed by atoms with Gasteiger partial charge in [0.25, 0.3) is 0 Å². The second-order valence-corrected chi connectivity index (χ2v) is 3.11. The fourth-order valence-electron chi connectivity index (χ4n) is 1.37. The summed E-state index contributed by atoms with van der Waals surface area (Å²) in [6.07, 6.45) is -4.46. The minimum atomic E-state index is -4.46. The highest BCUT2D eigenvalue weighted by atomic mass is 19.4.